The highest BCUT2D eigenvalue weighted by Crippen LogP contribution is 2.31. The van der Waals surface area contributed by atoms with Gasteiger partial charge in [-0.15, -0.1) is 0 Å². The molecule has 4 nitrogen and oxygen atoms in total. The third-order valence-corrected chi connectivity index (χ3v) is 2.50. The van der Waals surface area contributed by atoms with Gasteiger partial charge in [-0.1, -0.05) is 0 Å². The fourth-order valence-electron chi connectivity index (χ4n) is 1.58. The summed E-state index contributed by atoms with van der Waals surface area (Å²) < 4.78 is 17.9. The van der Waals surface area contributed by atoms with Crippen LogP contribution in [0.15, 0.2) is 0 Å². The van der Waals surface area contributed by atoms with E-state index in [0.717, 1.165) is 0 Å². The lowest BCUT2D eigenvalue weighted by atomic mass is 9.91. The first-order valence-electron chi connectivity index (χ1n) is 5.27. The van der Waals surface area contributed by atoms with Crippen LogP contribution in [0.5, 0.6) is 0 Å². The molecular formula is C11H17FN2O2. The predicted octanol–water partition coefficient (Wildman–Crippen LogP) is 2.11. The smallest absolute Gasteiger partial charge is 0.410 e. The van der Waals surface area contributed by atoms with Crippen LogP contribution in [-0.2, 0) is 4.74 Å². The minimum absolute atomic E-state index is 0.120. The van der Waals surface area contributed by atoms with Crippen LogP contribution in [0.3, 0.4) is 0 Å². The molecule has 1 aliphatic heterocycles. The van der Waals surface area contributed by atoms with E-state index in [-0.39, 0.29) is 6.54 Å². The van der Waals surface area contributed by atoms with Gasteiger partial charge in [-0.25, -0.2) is 9.18 Å². The average Bonchev–Trinajstić information content (AvgIpc) is 2.60. The molecule has 0 spiro atoms. The fraction of sp³-hybridized carbons (Fsp3) is 0.818. The summed E-state index contributed by atoms with van der Waals surface area (Å²) in [4.78, 5) is 13.0. The summed E-state index contributed by atoms with van der Waals surface area (Å²) in [6.45, 7) is 5.10. The van der Waals surface area contributed by atoms with E-state index in [9.17, 15) is 9.18 Å². The van der Waals surface area contributed by atoms with E-state index in [1.807, 2.05) is 6.07 Å². The summed E-state index contributed by atoms with van der Waals surface area (Å²) in [6, 6.07) is 1.95. The van der Waals surface area contributed by atoms with Crippen LogP contribution in [0.1, 0.15) is 27.2 Å². The van der Waals surface area contributed by atoms with Crippen molar-refractivity contribution in [3.63, 3.8) is 0 Å². The highest BCUT2D eigenvalue weighted by Gasteiger charge is 2.41. The van der Waals surface area contributed by atoms with E-state index in [2.05, 4.69) is 0 Å². The highest BCUT2D eigenvalue weighted by molar-refractivity contribution is 5.68. The zero-order chi connectivity index (χ0) is 12.4. The Bertz CT molecular complexity index is 319. The molecule has 1 fully saturated rings. The zero-order valence-corrected chi connectivity index (χ0v) is 9.92. The Hall–Kier alpha value is -1.31. The van der Waals surface area contributed by atoms with Gasteiger partial charge in [0, 0.05) is 13.1 Å². The molecule has 0 aliphatic carbocycles. The maximum Gasteiger partial charge on any atom is 0.410 e. The molecule has 1 unspecified atom stereocenters. The van der Waals surface area contributed by atoms with Crippen molar-refractivity contribution in [1.82, 2.24) is 4.90 Å². The number of likely N-dealkylation sites (tertiary alicyclic amines) is 1. The Kier molecular flexibility index (Phi) is 3.41. The van der Waals surface area contributed by atoms with Crippen molar-refractivity contribution in [2.24, 2.45) is 5.41 Å². The summed E-state index contributed by atoms with van der Waals surface area (Å²) in [5.74, 6) is 0. The van der Waals surface area contributed by atoms with Gasteiger partial charge in [0.1, 0.15) is 17.7 Å². The van der Waals surface area contributed by atoms with Crippen molar-refractivity contribution in [1.29, 1.82) is 5.26 Å². The molecule has 1 saturated heterocycles. The Morgan fingerprint density at radius 3 is 2.62 bits per heavy atom. The van der Waals surface area contributed by atoms with E-state index < -0.39 is 23.8 Å². The number of carbonyl (C=O) groups excluding carboxylic acids is 1. The summed E-state index contributed by atoms with van der Waals surface area (Å²) in [5, 5.41) is 8.88. The first-order valence-corrected chi connectivity index (χ1v) is 5.27. The van der Waals surface area contributed by atoms with Crippen molar-refractivity contribution in [3.8, 4) is 6.07 Å². The molecule has 0 radical (unpaired) electrons. The Morgan fingerprint density at radius 1 is 1.62 bits per heavy atom. The van der Waals surface area contributed by atoms with Crippen molar-refractivity contribution >= 4 is 6.09 Å². The van der Waals surface area contributed by atoms with E-state index in [0.29, 0.717) is 13.0 Å². The molecule has 0 saturated carbocycles. The number of carbonyl (C=O) groups is 1. The number of hydrogen-bond donors (Lipinski definition) is 0. The summed E-state index contributed by atoms with van der Waals surface area (Å²) >= 11 is 0. The van der Waals surface area contributed by atoms with Crippen LogP contribution in [0, 0.1) is 16.7 Å². The molecule has 1 aliphatic rings. The summed E-state index contributed by atoms with van der Waals surface area (Å²) in [5.41, 5.74) is -1.60. The van der Waals surface area contributed by atoms with Crippen LogP contribution in [0.2, 0.25) is 0 Å². The molecule has 1 rings (SSSR count). The molecule has 0 bridgehead atoms. The normalized spacial score (nSPS) is 25.3. The number of nitrogens with zero attached hydrogens (tertiary/aromatic N) is 2. The predicted molar refractivity (Wildman–Crippen MR) is 56.4 cm³/mol. The molecule has 0 N–H and O–H groups in total. The van der Waals surface area contributed by atoms with E-state index in [4.69, 9.17) is 10.00 Å². The van der Waals surface area contributed by atoms with Crippen LogP contribution < -0.4 is 0 Å². The molecular weight excluding hydrogens is 211 g/mol. The summed E-state index contributed by atoms with van der Waals surface area (Å²) in [7, 11) is 0. The Labute approximate surface area is 95.0 Å². The number of ether oxygens (including phenoxy) is 1. The minimum Gasteiger partial charge on any atom is -0.444 e. The van der Waals surface area contributed by atoms with E-state index in [1.165, 1.54) is 4.90 Å². The van der Waals surface area contributed by atoms with Gasteiger partial charge >= 0.3 is 6.09 Å². The molecule has 1 atom stereocenters. The van der Waals surface area contributed by atoms with Crippen molar-refractivity contribution in [2.75, 3.05) is 19.8 Å². The lowest BCUT2D eigenvalue weighted by Gasteiger charge is -2.25. The maximum absolute atomic E-state index is 12.7. The number of halogens is 1. The first kappa shape index (κ1) is 12.8. The first-order chi connectivity index (χ1) is 7.32. The van der Waals surface area contributed by atoms with Gasteiger partial charge in [0.25, 0.3) is 0 Å². The molecule has 16 heavy (non-hydrogen) atoms. The molecule has 0 aromatic rings. The van der Waals surface area contributed by atoms with Crippen molar-refractivity contribution < 1.29 is 13.9 Å². The van der Waals surface area contributed by atoms with Gasteiger partial charge in [-0.2, -0.15) is 5.26 Å². The number of rotatable bonds is 1. The molecule has 0 aromatic carbocycles. The Balaban J connectivity index is 2.60. The van der Waals surface area contributed by atoms with Gasteiger partial charge < -0.3 is 9.64 Å². The standard InChI is InChI=1S/C11H17FN2O2/c1-10(2,3)16-9(15)14-5-4-11(6-12,7-13)8-14/h4-6,8H2,1-3H3. The largest absolute Gasteiger partial charge is 0.444 e. The molecule has 1 heterocycles. The van der Waals surface area contributed by atoms with Gasteiger partial charge in [0.2, 0.25) is 0 Å². The number of alkyl halides is 1. The van der Waals surface area contributed by atoms with E-state index in [1.54, 1.807) is 20.8 Å². The maximum atomic E-state index is 12.7. The zero-order valence-electron chi connectivity index (χ0n) is 9.92. The van der Waals surface area contributed by atoms with Gasteiger partial charge in [-0.05, 0) is 27.2 Å². The van der Waals surface area contributed by atoms with E-state index >= 15 is 0 Å². The van der Waals surface area contributed by atoms with Gasteiger partial charge in [0.05, 0.1) is 6.07 Å². The third kappa shape index (κ3) is 2.84. The lowest BCUT2D eigenvalue weighted by molar-refractivity contribution is 0.0278. The van der Waals surface area contributed by atoms with Crippen LogP contribution >= 0.6 is 0 Å². The molecule has 0 aromatic heterocycles. The van der Waals surface area contributed by atoms with Crippen LogP contribution in [0.25, 0.3) is 0 Å². The lowest BCUT2D eigenvalue weighted by Crippen LogP contribution is -2.37. The molecule has 1 amide bonds. The second kappa shape index (κ2) is 4.28. The van der Waals surface area contributed by atoms with Gasteiger partial charge in [0.15, 0.2) is 0 Å². The number of amides is 1. The second-order valence-corrected chi connectivity index (χ2v) is 5.18. The average molecular weight is 228 g/mol. The highest BCUT2D eigenvalue weighted by atomic mass is 19.1. The third-order valence-electron chi connectivity index (χ3n) is 2.50. The van der Waals surface area contributed by atoms with Gasteiger partial charge in [-0.3, -0.25) is 0 Å². The minimum atomic E-state index is -1.03. The fourth-order valence-corrected chi connectivity index (χ4v) is 1.58. The molecule has 90 valence electrons. The molecule has 5 heteroatoms. The van der Waals surface area contributed by atoms with Crippen LogP contribution in [0.4, 0.5) is 9.18 Å². The van der Waals surface area contributed by atoms with Crippen LogP contribution in [-0.4, -0.2) is 36.4 Å². The monoisotopic (exact) mass is 228 g/mol. The SMILES string of the molecule is CC(C)(C)OC(=O)N1CCC(C#N)(CF)C1. The second-order valence-electron chi connectivity index (χ2n) is 5.18. The Morgan fingerprint density at radius 2 is 2.25 bits per heavy atom. The van der Waals surface area contributed by atoms with Crippen molar-refractivity contribution in [2.45, 2.75) is 32.8 Å². The quantitative estimate of drug-likeness (QED) is 0.690. The number of nitriles is 1. The van der Waals surface area contributed by atoms with Crippen molar-refractivity contribution in [3.05, 3.63) is 0 Å². The topological polar surface area (TPSA) is 53.3 Å². The summed E-state index contributed by atoms with van der Waals surface area (Å²) in [6.07, 6.45) is -0.0998. The number of hydrogen-bond acceptors (Lipinski definition) is 3.